The molecule has 0 amide bonds. The molecule has 4 heteroatoms. The molecule has 1 unspecified atom stereocenters. The average molecular weight is 290 g/mol. The van der Waals surface area contributed by atoms with Crippen LogP contribution in [0.25, 0.3) is 0 Å². The first-order valence-corrected chi connectivity index (χ1v) is 7.67. The molecule has 1 fully saturated rings. The molecule has 1 aliphatic carbocycles. The van der Waals surface area contributed by atoms with Gasteiger partial charge in [0.1, 0.15) is 5.54 Å². The molecule has 1 saturated carbocycles. The van der Waals surface area contributed by atoms with Crippen molar-refractivity contribution in [1.82, 2.24) is 5.32 Å². The summed E-state index contributed by atoms with van der Waals surface area (Å²) in [6.07, 6.45) is 4.56. The van der Waals surface area contributed by atoms with Gasteiger partial charge in [-0.05, 0) is 50.7 Å². The van der Waals surface area contributed by atoms with Gasteiger partial charge in [0.25, 0.3) is 0 Å². The number of benzene rings is 1. The molecule has 0 aromatic heterocycles. The van der Waals surface area contributed by atoms with Crippen LogP contribution < -0.4 is 10.1 Å². The van der Waals surface area contributed by atoms with Crippen LogP contribution >= 0.6 is 0 Å². The standard InChI is InChI=1S/C17H23FN2O/c1-3-17(12-19,20-14-8-9-14)10-5-11-21-15-7-4-6-13(2)16(15)18/h4,6-7,14,20H,3,5,8-11H2,1-2H3. The molecule has 1 N–H and O–H groups in total. The van der Waals surface area contributed by atoms with Crippen molar-refractivity contribution >= 4 is 0 Å². The number of nitrogens with zero attached hydrogens (tertiary/aromatic N) is 1. The summed E-state index contributed by atoms with van der Waals surface area (Å²) in [5.41, 5.74) is 0.123. The van der Waals surface area contributed by atoms with Gasteiger partial charge in [-0.15, -0.1) is 0 Å². The van der Waals surface area contributed by atoms with Crippen molar-refractivity contribution in [3.8, 4) is 11.8 Å². The van der Waals surface area contributed by atoms with Gasteiger partial charge >= 0.3 is 0 Å². The van der Waals surface area contributed by atoms with E-state index in [1.165, 1.54) is 0 Å². The van der Waals surface area contributed by atoms with E-state index < -0.39 is 5.54 Å². The van der Waals surface area contributed by atoms with Gasteiger partial charge in [-0.25, -0.2) is 4.39 Å². The first-order chi connectivity index (χ1) is 10.1. The minimum Gasteiger partial charge on any atom is -0.491 e. The Kier molecular flexibility index (Phi) is 5.19. The van der Waals surface area contributed by atoms with Crippen molar-refractivity contribution < 1.29 is 9.13 Å². The highest BCUT2D eigenvalue weighted by Crippen LogP contribution is 2.27. The average Bonchev–Trinajstić information content (AvgIpc) is 3.30. The summed E-state index contributed by atoms with van der Waals surface area (Å²) in [5.74, 6) is -0.000137. The van der Waals surface area contributed by atoms with E-state index in [1.807, 2.05) is 6.92 Å². The Morgan fingerprint density at radius 2 is 2.24 bits per heavy atom. The van der Waals surface area contributed by atoms with Gasteiger partial charge in [-0.3, -0.25) is 5.32 Å². The lowest BCUT2D eigenvalue weighted by Crippen LogP contribution is -2.44. The van der Waals surface area contributed by atoms with Crippen molar-refractivity contribution in [2.24, 2.45) is 0 Å². The third kappa shape index (κ3) is 4.18. The maximum Gasteiger partial charge on any atom is 0.167 e. The molecule has 114 valence electrons. The van der Waals surface area contributed by atoms with Crippen molar-refractivity contribution in [3.05, 3.63) is 29.6 Å². The maximum atomic E-state index is 13.8. The predicted octanol–water partition coefficient (Wildman–Crippen LogP) is 3.72. The molecule has 21 heavy (non-hydrogen) atoms. The number of rotatable bonds is 8. The molecule has 0 bridgehead atoms. The maximum absolute atomic E-state index is 13.8. The summed E-state index contributed by atoms with van der Waals surface area (Å²) < 4.78 is 19.3. The van der Waals surface area contributed by atoms with E-state index in [0.717, 1.165) is 32.1 Å². The van der Waals surface area contributed by atoms with Crippen LogP contribution in [0.3, 0.4) is 0 Å². The normalized spacial score (nSPS) is 17.0. The highest BCUT2D eigenvalue weighted by molar-refractivity contribution is 5.30. The predicted molar refractivity (Wildman–Crippen MR) is 80.7 cm³/mol. The Morgan fingerprint density at radius 1 is 1.48 bits per heavy atom. The summed E-state index contributed by atoms with van der Waals surface area (Å²) in [4.78, 5) is 0. The SMILES string of the molecule is CCC(C#N)(CCCOc1cccc(C)c1F)NC1CC1. The van der Waals surface area contributed by atoms with Crippen molar-refractivity contribution in [2.45, 2.75) is 57.5 Å². The molecule has 0 heterocycles. The van der Waals surface area contributed by atoms with E-state index in [4.69, 9.17) is 4.74 Å². The van der Waals surface area contributed by atoms with E-state index in [9.17, 15) is 9.65 Å². The summed E-state index contributed by atoms with van der Waals surface area (Å²) >= 11 is 0. The second-order valence-electron chi connectivity index (χ2n) is 5.81. The van der Waals surface area contributed by atoms with Crippen LogP contribution in [0.5, 0.6) is 5.75 Å². The van der Waals surface area contributed by atoms with Gasteiger partial charge in [-0.1, -0.05) is 19.1 Å². The van der Waals surface area contributed by atoms with Crippen LogP contribution in [0.2, 0.25) is 0 Å². The minimum absolute atomic E-state index is 0.296. The largest absolute Gasteiger partial charge is 0.491 e. The molecule has 1 aliphatic rings. The van der Waals surface area contributed by atoms with Gasteiger partial charge in [0.15, 0.2) is 11.6 Å². The molecule has 2 rings (SSSR count). The fraction of sp³-hybridized carbons (Fsp3) is 0.588. The number of halogens is 1. The summed E-state index contributed by atoms with van der Waals surface area (Å²) in [5, 5.41) is 12.9. The van der Waals surface area contributed by atoms with Crippen LogP contribution in [-0.2, 0) is 0 Å². The zero-order valence-corrected chi connectivity index (χ0v) is 12.8. The summed E-state index contributed by atoms with van der Waals surface area (Å²) in [6.45, 7) is 4.18. The molecular formula is C17H23FN2O. The Balaban J connectivity index is 1.82. The number of nitrogens with one attached hydrogen (secondary N) is 1. The topological polar surface area (TPSA) is 45.0 Å². The molecule has 1 aromatic carbocycles. The Hall–Kier alpha value is -1.60. The van der Waals surface area contributed by atoms with Crippen molar-refractivity contribution in [2.75, 3.05) is 6.61 Å². The van der Waals surface area contributed by atoms with E-state index in [-0.39, 0.29) is 5.82 Å². The highest BCUT2D eigenvalue weighted by atomic mass is 19.1. The number of nitriles is 1. The monoisotopic (exact) mass is 290 g/mol. The number of aryl methyl sites for hydroxylation is 1. The second kappa shape index (κ2) is 6.91. The van der Waals surface area contributed by atoms with Crippen LogP contribution in [-0.4, -0.2) is 18.2 Å². The third-order valence-corrected chi connectivity index (χ3v) is 4.04. The van der Waals surface area contributed by atoms with E-state index in [0.29, 0.717) is 24.0 Å². The van der Waals surface area contributed by atoms with Gasteiger partial charge in [0, 0.05) is 6.04 Å². The number of ether oxygens (including phenoxy) is 1. The summed E-state index contributed by atoms with van der Waals surface area (Å²) in [7, 11) is 0. The lowest BCUT2D eigenvalue weighted by molar-refractivity contribution is 0.265. The fourth-order valence-electron chi connectivity index (χ4n) is 2.42. The molecule has 0 spiro atoms. The molecular weight excluding hydrogens is 267 g/mol. The lowest BCUT2D eigenvalue weighted by Gasteiger charge is -2.26. The van der Waals surface area contributed by atoms with Gasteiger partial charge in [-0.2, -0.15) is 5.26 Å². The molecule has 1 atom stereocenters. The molecule has 1 aromatic rings. The molecule has 0 aliphatic heterocycles. The second-order valence-corrected chi connectivity index (χ2v) is 5.81. The molecule has 0 saturated heterocycles. The quantitative estimate of drug-likeness (QED) is 0.742. The first kappa shape index (κ1) is 15.8. The van der Waals surface area contributed by atoms with Crippen LogP contribution in [0.15, 0.2) is 18.2 Å². The first-order valence-electron chi connectivity index (χ1n) is 7.67. The smallest absolute Gasteiger partial charge is 0.167 e. The number of hydrogen-bond donors (Lipinski definition) is 1. The summed E-state index contributed by atoms with van der Waals surface area (Å²) in [6, 6.07) is 8.06. The minimum atomic E-state index is -0.463. The fourth-order valence-corrected chi connectivity index (χ4v) is 2.42. The highest BCUT2D eigenvalue weighted by Gasteiger charge is 2.34. The van der Waals surface area contributed by atoms with Crippen LogP contribution in [0.1, 0.15) is 44.6 Å². The lowest BCUT2D eigenvalue weighted by atomic mass is 9.92. The van der Waals surface area contributed by atoms with Gasteiger partial charge in [0.2, 0.25) is 0 Å². The molecule has 3 nitrogen and oxygen atoms in total. The Bertz CT molecular complexity index is 522. The third-order valence-electron chi connectivity index (χ3n) is 4.04. The number of hydrogen-bond acceptors (Lipinski definition) is 3. The molecule has 0 radical (unpaired) electrons. The van der Waals surface area contributed by atoms with E-state index >= 15 is 0 Å². The van der Waals surface area contributed by atoms with Gasteiger partial charge in [0.05, 0.1) is 12.7 Å². The van der Waals surface area contributed by atoms with E-state index in [2.05, 4.69) is 11.4 Å². The Morgan fingerprint density at radius 3 is 2.86 bits per heavy atom. The zero-order valence-electron chi connectivity index (χ0n) is 12.8. The zero-order chi connectivity index (χ0) is 15.3. The van der Waals surface area contributed by atoms with Crippen LogP contribution in [0.4, 0.5) is 4.39 Å². The van der Waals surface area contributed by atoms with Crippen LogP contribution in [0, 0.1) is 24.1 Å². The van der Waals surface area contributed by atoms with Crippen molar-refractivity contribution in [3.63, 3.8) is 0 Å². The van der Waals surface area contributed by atoms with E-state index in [1.54, 1.807) is 25.1 Å². The van der Waals surface area contributed by atoms with Crippen molar-refractivity contribution in [1.29, 1.82) is 5.26 Å². The Labute approximate surface area is 126 Å². The van der Waals surface area contributed by atoms with Gasteiger partial charge < -0.3 is 4.74 Å².